The molecule has 0 unspecified atom stereocenters. The van der Waals surface area contributed by atoms with Crippen molar-refractivity contribution in [2.45, 2.75) is 6.92 Å². The molecule has 0 aliphatic carbocycles. The second kappa shape index (κ2) is 6.15. The van der Waals surface area contributed by atoms with Crippen LogP contribution in [0.4, 0.5) is 0 Å². The first-order valence-electron chi connectivity index (χ1n) is 7.95. The van der Waals surface area contributed by atoms with Gasteiger partial charge in [-0.25, -0.2) is 0 Å². The van der Waals surface area contributed by atoms with Crippen LogP contribution in [0, 0.1) is 6.92 Å². The van der Waals surface area contributed by atoms with Crippen molar-refractivity contribution in [1.29, 1.82) is 0 Å². The van der Waals surface area contributed by atoms with E-state index in [1.165, 1.54) is 17.4 Å². The van der Waals surface area contributed by atoms with Gasteiger partial charge in [-0.15, -0.1) is 11.3 Å². The largest absolute Gasteiger partial charge is 0.289 e. The highest BCUT2D eigenvalue weighted by Crippen LogP contribution is 2.28. The number of rotatable bonds is 3. The lowest BCUT2D eigenvalue weighted by atomic mass is 10.0. The molecule has 0 aliphatic rings. The summed E-state index contributed by atoms with van der Waals surface area (Å²) in [7, 11) is 0. The predicted octanol–water partition coefficient (Wildman–Crippen LogP) is 4.59. The number of aryl methyl sites for hydroxylation is 1. The molecular formula is C21H15NO2S. The number of carbonyl (C=O) groups excluding carboxylic acids is 1. The Morgan fingerprint density at radius 2 is 1.76 bits per heavy atom. The molecule has 0 amide bonds. The van der Waals surface area contributed by atoms with Crippen LogP contribution in [0.15, 0.2) is 76.9 Å². The zero-order chi connectivity index (χ0) is 17.4. The highest BCUT2D eigenvalue weighted by Gasteiger charge is 2.17. The molecule has 0 fully saturated rings. The van der Waals surface area contributed by atoms with E-state index in [0.29, 0.717) is 11.1 Å². The second-order valence-corrected chi connectivity index (χ2v) is 6.77. The average Bonchev–Trinajstić information content (AvgIpc) is 3.05. The maximum absolute atomic E-state index is 12.9. The smallest absolute Gasteiger partial charge is 0.256 e. The molecule has 4 heteroatoms. The maximum atomic E-state index is 12.9. The van der Waals surface area contributed by atoms with Crippen molar-refractivity contribution in [1.82, 2.24) is 4.57 Å². The van der Waals surface area contributed by atoms with Crippen LogP contribution in [-0.2, 0) is 0 Å². The van der Waals surface area contributed by atoms with Crippen LogP contribution < -0.4 is 5.56 Å². The highest BCUT2D eigenvalue weighted by molar-refractivity contribution is 7.17. The van der Waals surface area contributed by atoms with Gasteiger partial charge in [0, 0.05) is 28.0 Å². The first-order valence-corrected chi connectivity index (χ1v) is 8.83. The van der Waals surface area contributed by atoms with Crippen molar-refractivity contribution in [3.63, 3.8) is 0 Å². The van der Waals surface area contributed by atoms with Crippen molar-refractivity contribution in [3.05, 3.63) is 99.2 Å². The fraction of sp³-hybridized carbons (Fsp3) is 0.0476. The van der Waals surface area contributed by atoms with Gasteiger partial charge >= 0.3 is 0 Å². The molecule has 4 rings (SSSR count). The summed E-state index contributed by atoms with van der Waals surface area (Å²) < 4.78 is 1.66. The minimum absolute atomic E-state index is 0.0202. The Kier molecular flexibility index (Phi) is 3.82. The number of hydrogen-bond acceptors (Lipinski definition) is 3. The van der Waals surface area contributed by atoms with Gasteiger partial charge in [0.1, 0.15) is 4.83 Å². The molecule has 122 valence electrons. The van der Waals surface area contributed by atoms with Gasteiger partial charge in [-0.05, 0) is 31.2 Å². The number of carbonyl (C=O) groups is 1. The number of pyridine rings is 1. The van der Waals surface area contributed by atoms with E-state index in [1.807, 2.05) is 66.9 Å². The van der Waals surface area contributed by atoms with Crippen molar-refractivity contribution < 1.29 is 4.79 Å². The third-order valence-electron chi connectivity index (χ3n) is 4.16. The number of ketones is 1. The van der Waals surface area contributed by atoms with E-state index in [0.717, 1.165) is 21.5 Å². The summed E-state index contributed by atoms with van der Waals surface area (Å²) in [6.07, 6.45) is 0. The third kappa shape index (κ3) is 2.71. The molecule has 2 aromatic carbocycles. The monoisotopic (exact) mass is 345 g/mol. The molecule has 2 heterocycles. The first-order chi connectivity index (χ1) is 12.1. The summed E-state index contributed by atoms with van der Waals surface area (Å²) >= 11 is 1.42. The quantitative estimate of drug-likeness (QED) is 0.509. The van der Waals surface area contributed by atoms with Crippen molar-refractivity contribution in [3.8, 4) is 5.69 Å². The molecule has 0 spiro atoms. The van der Waals surface area contributed by atoms with Crippen LogP contribution in [0.25, 0.3) is 15.9 Å². The van der Waals surface area contributed by atoms with Crippen molar-refractivity contribution in [2.75, 3.05) is 0 Å². The molecule has 0 atom stereocenters. The van der Waals surface area contributed by atoms with Crippen LogP contribution in [0.1, 0.15) is 21.5 Å². The number of para-hydroxylation sites is 1. The van der Waals surface area contributed by atoms with E-state index in [2.05, 4.69) is 0 Å². The molecule has 2 aromatic heterocycles. The molecule has 0 radical (unpaired) electrons. The SMILES string of the molecule is Cc1cccc(C(=O)c2csc3c2ccc(=O)n3-c2ccccc2)c1. The normalized spacial score (nSPS) is 10.9. The lowest BCUT2D eigenvalue weighted by Gasteiger charge is -2.07. The molecule has 0 bridgehead atoms. The van der Waals surface area contributed by atoms with Crippen LogP contribution in [0.3, 0.4) is 0 Å². The summed E-state index contributed by atoms with van der Waals surface area (Å²) in [4.78, 5) is 26.1. The minimum Gasteiger partial charge on any atom is -0.289 e. The second-order valence-electron chi connectivity index (χ2n) is 5.91. The van der Waals surface area contributed by atoms with Gasteiger partial charge in [0.25, 0.3) is 5.56 Å². The molecule has 0 saturated carbocycles. The minimum atomic E-state index is -0.102. The number of hydrogen-bond donors (Lipinski definition) is 0. The van der Waals surface area contributed by atoms with E-state index >= 15 is 0 Å². The summed E-state index contributed by atoms with van der Waals surface area (Å²) in [6.45, 7) is 1.97. The highest BCUT2D eigenvalue weighted by atomic mass is 32.1. The number of aromatic nitrogens is 1. The van der Waals surface area contributed by atoms with E-state index in [4.69, 9.17) is 0 Å². The first kappa shape index (κ1) is 15.5. The molecule has 0 aliphatic heterocycles. The number of nitrogens with zero attached hydrogens (tertiary/aromatic N) is 1. The van der Waals surface area contributed by atoms with Crippen molar-refractivity contribution >= 4 is 27.3 Å². The number of benzene rings is 2. The Morgan fingerprint density at radius 1 is 0.960 bits per heavy atom. The standard InChI is InChI=1S/C21H15NO2S/c1-14-6-5-7-15(12-14)20(24)18-13-25-21-17(18)10-11-19(23)22(21)16-8-3-2-4-9-16/h2-13H,1H3. The maximum Gasteiger partial charge on any atom is 0.256 e. The van der Waals surface area contributed by atoms with E-state index in [1.54, 1.807) is 10.6 Å². The van der Waals surface area contributed by atoms with Crippen LogP contribution in [0.5, 0.6) is 0 Å². The van der Waals surface area contributed by atoms with Gasteiger partial charge in [0.15, 0.2) is 5.78 Å². The lowest BCUT2D eigenvalue weighted by Crippen LogP contribution is -2.16. The molecule has 4 aromatic rings. The molecule has 0 saturated heterocycles. The number of fused-ring (bicyclic) bond motifs is 1. The third-order valence-corrected chi connectivity index (χ3v) is 5.14. The fourth-order valence-corrected chi connectivity index (χ4v) is 4.03. The number of thiophene rings is 1. The summed E-state index contributed by atoms with van der Waals surface area (Å²) in [5, 5.41) is 2.65. The Bertz CT molecular complexity index is 1140. The molecular weight excluding hydrogens is 330 g/mol. The van der Waals surface area contributed by atoms with Crippen LogP contribution in [0.2, 0.25) is 0 Å². The zero-order valence-electron chi connectivity index (χ0n) is 13.6. The van der Waals surface area contributed by atoms with Crippen LogP contribution in [-0.4, -0.2) is 10.4 Å². The topological polar surface area (TPSA) is 39.1 Å². The Balaban J connectivity index is 1.92. The molecule has 25 heavy (non-hydrogen) atoms. The van der Waals surface area contributed by atoms with Gasteiger partial charge in [0.05, 0.1) is 5.69 Å². The molecule has 0 N–H and O–H groups in total. The van der Waals surface area contributed by atoms with E-state index in [-0.39, 0.29) is 11.3 Å². The van der Waals surface area contributed by atoms with Crippen molar-refractivity contribution in [2.24, 2.45) is 0 Å². The zero-order valence-corrected chi connectivity index (χ0v) is 14.4. The van der Waals surface area contributed by atoms with E-state index < -0.39 is 0 Å². The van der Waals surface area contributed by atoms with Gasteiger partial charge in [0.2, 0.25) is 0 Å². The van der Waals surface area contributed by atoms with Crippen LogP contribution >= 0.6 is 11.3 Å². The average molecular weight is 345 g/mol. The Hall–Kier alpha value is -2.98. The Morgan fingerprint density at radius 3 is 2.52 bits per heavy atom. The fourth-order valence-electron chi connectivity index (χ4n) is 2.96. The lowest BCUT2D eigenvalue weighted by molar-refractivity contribution is 0.104. The summed E-state index contributed by atoms with van der Waals surface area (Å²) in [6, 6.07) is 20.3. The van der Waals surface area contributed by atoms with Gasteiger partial charge in [-0.3, -0.25) is 14.2 Å². The summed E-state index contributed by atoms with van der Waals surface area (Å²) in [5.41, 5.74) is 3.05. The van der Waals surface area contributed by atoms with Gasteiger partial charge in [-0.1, -0.05) is 42.0 Å². The predicted molar refractivity (Wildman–Crippen MR) is 102 cm³/mol. The van der Waals surface area contributed by atoms with Gasteiger partial charge in [-0.2, -0.15) is 0 Å². The Labute approximate surface area is 148 Å². The van der Waals surface area contributed by atoms with E-state index in [9.17, 15) is 9.59 Å². The summed E-state index contributed by atoms with van der Waals surface area (Å²) in [5.74, 6) is -0.0202. The molecule has 3 nitrogen and oxygen atoms in total. The van der Waals surface area contributed by atoms with Gasteiger partial charge < -0.3 is 0 Å².